The molecule has 1 saturated heterocycles. The van der Waals surface area contributed by atoms with Crippen LogP contribution in [0.2, 0.25) is 0 Å². The minimum absolute atomic E-state index is 0.390. The summed E-state index contributed by atoms with van der Waals surface area (Å²) in [6.07, 6.45) is 13.9. The summed E-state index contributed by atoms with van der Waals surface area (Å²) in [5, 5.41) is 3.38. The van der Waals surface area contributed by atoms with Gasteiger partial charge < -0.3 is 5.32 Å². The van der Waals surface area contributed by atoms with E-state index in [0.717, 1.165) is 12.8 Å². The molecule has 0 aromatic carbocycles. The molecule has 2 unspecified atom stereocenters. The van der Waals surface area contributed by atoms with Gasteiger partial charge in [0.15, 0.2) is 9.84 Å². The second-order valence-corrected chi connectivity index (χ2v) is 8.98. The molecule has 0 aromatic heterocycles. The Bertz CT molecular complexity index is 354. The van der Waals surface area contributed by atoms with Gasteiger partial charge in [-0.3, -0.25) is 0 Å². The van der Waals surface area contributed by atoms with Crippen LogP contribution in [0, 0.1) is 5.92 Å². The maximum absolute atomic E-state index is 11.5. The van der Waals surface area contributed by atoms with E-state index in [-0.39, 0.29) is 0 Å². The lowest BCUT2D eigenvalue weighted by atomic mass is 9.95. The molecule has 0 spiro atoms. The maximum atomic E-state index is 11.5. The van der Waals surface area contributed by atoms with Crippen LogP contribution in [-0.2, 0) is 9.84 Å². The van der Waals surface area contributed by atoms with Gasteiger partial charge in [-0.15, -0.1) is 0 Å². The molecule has 0 saturated carbocycles. The third-order valence-corrected chi connectivity index (χ3v) is 6.60. The van der Waals surface area contributed by atoms with Crippen LogP contribution in [0.3, 0.4) is 0 Å². The van der Waals surface area contributed by atoms with E-state index in [9.17, 15) is 8.42 Å². The van der Waals surface area contributed by atoms with E-state index in [4.69, 9.17) is 0 Å². The van der Waals surface area contributed by atoms with E-state index < -0.39 is 9.84 Å². The molecule has 1 heterocycles. The molecule has 0 radical (unpaired) electrons. The minimum atomic E-state index is -2.72. The summed E-state index contributed by atoms with van der Waals surface area (Å²) in [4.78, 5) is 0. The molecule has 0 aliphatic carbocycles. The molecule has 1 aliphatic heterocycles. The van der Waals surface area contributed by atoms with Gasteiger partial charge in [-0.25, -0.2) is 8.42 Å². The molecule has 3 nitrogen and oxygen atoms in total. The average molecular weight is 318 g/mol. The SMILES string of the molecule is CCCCCCCCCCC(CC1CCS(=O)(=O)C1)NC. The van der Waals surface area contributed by atoms with Gasteiger partial charge in [-0.1, -0.05) is 58.3 Å². The second-order valence-electron chi connectivity index (χ2n) is 6.75. The quantitative estimate of drug-likeness (QED) is 0.555. The lowest BCUT2D eigenvalue weighted by Gasteiger charge is -2.19. The summed E-state index contributed by atoms with van der Waals surface area (Å²) < 4.78 is 23.0. The van der Waals surface area contributed by atoms with Crippen molar-refractivity contribution in [3.8, 4) is 0 Å². The fourth-order valence-electron chi connectivity index (χ4n) is 3.36. The number of hydrogen-bond donors (Lipinski definition) is 1. The molecule has 1 aliphatic rings. The highest BCUT2D eigenvalue weighted by molar-refractivity contribution is 7.91. The molecule has 4 heteroatoms. The Morgan fingerprint density at radius 3 is 2.19 bits per heavy atom. The summed E-state index contributed by atoms with van der Waals surface area (Å²) in [6.45, 7) is 2.26. The zero-order chi connectivity index (χ0) is 15.6. The van der Waals surface area contributed by atoms with E-state index >= 15 is 0 Å². The molecular weight excluding hydrogens is 282 g/mol. The highest BCUT2D eigenvalue weighted by Gasteiger charge is 2.29. The molecule has 2 atom stereocenters. The first-order chi connectivity index (χ1) is 10.1. The van der Waals surface area contributed by atoms with Crippen molar-refractivity contribution in [1.29, 1.82) is 0 Å². The number of rotatable bonds is 12. The van der Waals surface area contributed by atoms with Gasteiger partial charge in [0.25, 0.3) is 0 Å². The van der Waals surface area contributed by atoms with Gasteiger partial charge in [0, 0.05) is 6.04 Å². The Labute approximate surface area is 132 Å². The topological polar surface area (TPSA) is 46.2 Å². The number of nitrogens with one attached hydrogen (secondary N) is 1. The van der Waals surface area contributed by atoms with Crippen LogP contribution in [0.25, 0.3) is 0 Å². The van der Waals surface area contributed by atoms with Crippen molar-refractivity contribution in [2.24, 2.45) is 5.92 Å². The summed E-state index contributed by atoms with van der Waals surface area (Å²) in [6, 6.07) is 0.503. The lowest BCUT2D eigenvalue weighted by Crippen LogP contribution is -2.28. The van der Waals surface area contributed by atoms with Gasteiger partial charge in [0.05, 0.1) is 11.5 Å². The Hall–Kier alpha value is -0.0900. The molecule has 1 N–H and O–H groups in total. The van der Waals surface area contributed by atoms with E-state index in [0.29, 0.717) is 23.5 Å². The van der Waals surface area contributed by atoms with Crippen molar-refractivity contribution in [3.05, 3.63) is 0 Å². The van der Waals surface area contributed by atoms with E-state index in [1.165, 1.54) is 57.8 Å². The third kappa shape index (κ3) is 8.82. The Morgan fingerprint density at radius 2 is 1.67 bits per heavy atom. The summed E-state index contributed by atoms with van der Waals surface area (Å²) in [5.74, 6) is 1.22. The fraction of sp³-hybridized carbons (Fsp3) is 1.00. The van der Waals surface area contributed by atoms with Crippen LogP contribution in [0.4, 0.5) is 0 Å². The maximum Gasteiger partial charge on any atom is 0.150 e. The van der Waals surface area contributed by atoms with Crippen LogP contribution in [-0.4, -0.2) is 33.0 Å². The van der Waals surface area contributed by atoms with E-state index in [1.54, 1.807) is 0 Å². The summed E-state index contributed by atoms with van der Waals surface area (Å²) in [5.41, 5.74) is 0. The molecule has 1 rings (SSSR count). The smallest absolute Gasteiger partial charge is 0.150 e. The first-order valence-electron chi connectivity index (χ1n) is 8.95. The molecule has 0 amide bonds. The highest BCUT2D eigenvalue weighted by atomic mass is 32.2. The first-order valence-corrected chi connectivity index (χ1v) is 10.8. The summed E-state index contributed by atoms with van der Waals surface area (Å²) in [7, 11) is -0.705. The Balaban J connectivity index is 2.04. The molecule has 0 bridgehead atoms. The van der Waals surface area contributed by atoms with E-state index in [2.05, 4.69) is 12.2 Å². The zero-order valence-corrected chi connectivity index (χ0v) is 14.9. The largest absolute Gasteiger partial charge is 0.317 e. The van der Waals surface area contributed by atoms with Crippen LogP contribution < -0.4 is 5.32 Å². The normalized spacial score (nSPS) is 22.5. The summed E-state index contributed by atoms with van der Waals surface area (Å²) >= 11 is 0. The molecular formula is C17H35NO2S. The van der Waals surface area contributed by atoms with Crippen LogP contribution >= 0.6 is 0 Å². The van der Waals surface area contributed by atoms with Crippen molar-refractivity contribution in [1.82, 2.24) is 5.32 Å². The predicted octanol–water partition coefficient (Wildman–Crippen LogP) is 3.93. The van der Waals surface area contributed by atoms with Gasteiger partial charge in [-0.2, -0.15) is 0 Å². The molecule has 126 valence electrons. The Kier molecular flexibility index (Phi) is 9.57. The number of unbranched alkanes of at least 4 members (excludes halogenated alkanes) is 7. The van der Waals surface area contributed by atoms with Gasteiger partial charge in [-0.05, 0) is 32.2 Å². The van der Waals surface area contributed by atoms with Crippen molar-refractivity contribution in [2.45, 2.75) is 83.6 Å². The molecule has 21 heavy (non-hydrogen) atoms. The predicted molar refractivity (Wildman–Crippen MR) is 91.5 cm³/mol. The monoisotopic (exact) mass is 317 g/mol. The first kappa shape index (κ1) is 19.0. The van der Waals surface area contributed by atoms with Gasteiger partial charge >= 0.3 is 0 Å². The average Bonchev–Trinajstić information content (AvgIpc) is 2.79. The van der Waals surface area contributed by atoms with Gasteiger partial charge in [0.2, 0.25) is 0 Å². The van der Waals surface area contributed by atoms with Gasteiger partial charge in [0.1, 0.15) is 0 Å². The van der Waals surface area contributed by atoms with Crippen LogP contribution in [0.15, 0.2) is 0 Å². The number of sulfone groups is 1. The molecule has 0 aromatic rings. The van der Waals surface area contributed by atoms with Crippen molar-refractivity contribution in [2.75, 3.05) is 18.6 Å². The third-order valence-electron chi connectivity index (χ3n) is 4.76. The van der Waals surface area contributed by atoms with E-state index in [1.807, 2.05) is 7.05 Å². The zero-order valence-electron chi connectivity index (χ0n) is 14.1. The molecule has 1 fully saturated rings. The van der Waals surface area contributed by atoms with Crippen molar-refractivity contribution in [3.63, 3.8) is 0 Å². The Morgan fingerprint density at radius 1 is 1.05 bits per heavy atom. The number of hydrogen-bond acceptors (Lipinski definition) is 3. The second kappa shape index (κ2) is 10.6. The minimum Gasteiger partial charge on any atom is -0.317 e. The highest BCUT2D eigenvalue weighted by Crippen LogP contribution is 2.24. The fourth-order valence-corrected chi connectivity index (χ4v) is 5.25. The van der Waals surface area contributed by atoms with Crippen molar-refractivity contribution >= 4 is 9.84 Å². The standard InChI is InChI=1S/C17H35NO2S/c1-3-4-5-6-7-8-9-10-11-17(18-2)14-16-12-13-21(19,20)15-16/h16-18H,3-15H2,1-2H3. The van der Waals surface area contributed by atoms with Crippen LogP contribution in [0.5, 0.6) is 0 Å². The lowest BCUT2D eigenvalue weighted by molar-refractivity contribution is 0.393. The van der Waals surface area contributed by atoms with Crippen LogP contribution in [0.1, 0.15) is 77.6 Å². The van der Waals surface area contributed by atoms with Crippen molar-refractivity contribution < 1.29 is 8.42 Å².